The molecule has 1 atom stereocenters. The number of nitrogens with zero attached hydrogens (tertiary/aromatic N) is 4. The maximum Gasteiger partial charge on any atom is 0.246 e. The summed E-state index contributed by atoms with van der Waals surface area (Å²) in [4.78, 5) is 31.6. The number of likely N-dealkylation sites (tertiary alicyclic amines) is 1. The largest absolute Gasteiger partial charge is 0.340 e. The minimum Gasteiger partial charge on any atom is -0.340 e. The zero-order valence-corrected chi connectivity index (χ0v) is 13.1. The Balaban J connectivity index is 1.98. The lowest BCUT2D eigenvalue weighted by Gasteiger charge is -2.32. The Morgan fingerprint density at radius 3 is 2.91 bits per heavy atom. The zero-order chi connectivity index (χ0) is 16.1. The first-order valence-corrected chi connectivity index (χ1v) is 7.54. The number of likely N-dealkylation sites (N-methyl/N-ethyl adjacent to an activating group) is 1. The number of aryl methyl sites for hydroxylation is 1. The van der Waals surface area contributed by atoms with Gasteiger partial charge in [-0.2, -0.15) is 4.98 Å². The van der Waals surface area contributed by atoms with Gasteiger partial charge < -0.3 is 14.3 Å². The van der Waals surface area contributed by atoms with Gasteiger partial charge in [-0.15, -0.1) is 0 Å². The van der Waals surface area contributed by atoms with Crippen molar-refractivity contribution in [2.24, 2.45) is 0 Å². The van der Waals surface area contributed by atoms with Gasteiger partial charge in [0.15, 0.2) is 5.82 Å². The van der Waals surface area contributed by atoms with Crippen molar-refractivity contribution < 1.29 is 14.1 Å². The molecule has 1 aliphatic rings. The lowest BCUT2D eigenvalue weighted by molar-refractivity contribution is -0.139. The Kier molecular flexibility index (Phi) is 5.30. The van der Waals surface area contributed by atoms with Crippen LogP contribution in [-0.2, 0) is 9.59 Å². The van der Waals surface area contributed by atoms with Crippen LogP contribution in [0.15, 0.2) is 17.2 Å². The third kappa shape index (κ3) is 3.72. The quantitative estimate of drug-likeness (QED) is 0.762. The first kappa shape index (κ1) is 16.2. The highest BCUT2D eigenvalue weighted by Gasteiger charge is 2.29. The molecular weight excluding hydrogens is 284 g/mol. The van der Waals surface area contributed by atoms with Gasteiger partial charge in [-0.25, -0.2) is 0 Å². The van der Waals surface area contributed by atoms with Crippen LogP contribution in [0.1, 0.15) is 37.4 Å². The fourth-order valence-corrected chi connectivity index (χ4v) is 2.62. The maximum atomic E-state index is 12.4. The van der Waals surface area contributed by atoms with Gasteiger partial charge in [-0.3, -0.25) is 9.59 Å². The summed E-state index contributed by atoms with van der Waals surface area (Å²) in [6.07, 6.45) is 3.05. The van der Waals surface area contributed by atoms with Crippen LogP contribution in [0.25, 0.3) is 0 Å². The van der Waals surface area contributed by atoms with E-state index in [1.165, 1.54) is 11.0 Å². The molecule has 0 N–H and O–H groups in total. The fourth-order valence-electron chi connectivity index (χ4n) is 2.62. The lowest BCUT2D eigenvalue weighted by Crippen LogP contribution is -2.45. The fraction of sp³-hybridized carbons (Fsp3) is 0.600. The summed E-state index contributed by atoms with van der Waals surface area (Å²) in [5.74, 6) is 0.982. The van der Waals surface area contributed by atoms with E-state index in [0.717, 1.165) is 12.8 Å². The van der Waals surface area contributed by atoms with Crippen LogP contribution in [0, 0.1) is 6.92 Å². The average Bonchev–Trinajstić information content (AvgIpc) is 2.98. The van der Waals surface area contributed by atoms with Crippen LogP contribution in [0.2, 0.25) is 0 Å². The molecule has 2 amide bonds. The molecule has 2 rings (SSSR count). The molecule has 1 saturated heterocycles. The molecule has 0 aromatic carbocycles. The second-order valence-corrected chi connectivity index (χ2v) is 5.42. The Bertz CT molecular complexity index is 555. The number of rotatable bonds is 5. The van der Waals surface area contributed by atoms with Crippen LogP contribution in [0.4, 0.5) is 0 Å². The molecule has 1 unspecified atom stereocenters. The summed E-state index contributed by atoms with van der Waals surface area (Å²) in [5, 5.41) is 3.80. The van der Waals surface area contributed by atoms with E-state index in [-0.39, 0.29) is 24.3 Å². The summed E-state index contributed by atoms with van der Waals surface area (Å²) in [6.45, 7) is 8.89. The average molecular weight is 306 g/mol. The highest BCUT2D eigenvalue weighted by Crippen LogP contribution is 2.25. The Hall–Kier alpha value is -2.18. The molecule has 0 aliphatic carbocycles. The van der Waals surface area contributed by atoms with E-state index >= 15 is 0 Å². The Morgan fingerprint density at radius 2 is 2.32 bits per heavy atom. The zero-order valence-electron chi connectivity index (χ0n) is 13.1. The topological polar surface area (TPSA) is 79.5 Å². The molecule has 1 aromatic heterocycles. The third-order valence-corrected chi connectivity index (χ3v) is 3.86. The number of carbonyl (C=O) groups is 2. The molecule has 1 aromatic rings. The van der Waals surface area contributed by atoms with Gasteiger partial charge in [0, 0.05) is 19.6 Å². The van der Waals surface area contributed by atoms with E-state index in [1.807, 2.05) is 6.92 Å². The van der Waals surface area contributed by atoms with Gasteiger partial charge in [0.1, 0.15) is 0 Å². The van der Waals surface area contributed by atoms with E-state index in [1.54, 1.807) is 11.8 Å². The molecule has 1 aliphatic heterocycles. The number of amides is 2. The normalized spacial score (nSPS) is 18.1. The van der Waals surface area contributed by atoms with E-state index in [4.69, 9.17) is 4.52 Å². The van der Waals surface area contributed by atoms with Crippen molar-refractivity contribution in [2.75, 3.05) is 26.2 Å². The van der Waals surface area contributed by atoms with Crippen LogP contribution >= 0.6 is 0 Å². The Morgan fingerprint density at radius 1 is 1.55 bits per heavy atom. The van der Waals surface area contributed by atoms with Crippen LogP contribution in [0.5, 0.6) is 0 Å². The van der Waals surface area contributed by atoms with Crippen LogP contribution < -0.4 is 0 Å². The highest BCUT2D eigenvalue weighted by molar-refractivity contribution is 5.90. The molecule has 2 heterocycles. The van der Waals surface area contributed by atoms with Gasteiger partial charge in [-0.05, 0) is 32.8 Å². The maximum absolute atomic E-state index is 12.4. The third-order valence-electron chi connectivity index (χ3n) is 3.86. The second-order valence-electron chi connectivity index (χ2n) is 5.42. The van der Waals surface area contributed by atoms with Crippen molar-refractivity contribution in [3.05, 3.63) is 24.4 Å². The summed E-state index contributed by atoms with van der Waals surface area (Å²) >= 11 is 0. The molecule has 7 nitrogen and oxygen atoms in total. The van der Waals surface area contributed by atoms with E-state index in [9.17, 15) is 9.59 Å². The van der Waals surface area contributed by atoms with Gasteiger partial charge in [0.2, 0.25) is 17.7 Å². The van der Waals surface area contributed by atoms with Crippen LogP contribution in [-0.4, -0.2) is 57.9 Å². The molecule has 0 bridgehead atoms. The van der Waals surface area contributed by atoms with Gasteiger partial charge in [0.05, 0.1) is 12.5 Å². The molecule has 0 saturated carbocycles. The van der Waals surface area contributed by atoms with Gasteiger partial charge in [-0.1, -0.05) is 11.7 Å². The molecule has 7 heteroatoms. The highest BCUT2D eigenvalue weighted by atomic mass is 16.5. The summed E-state index contributed by atoms with van der Waals surface area (Å²) in [7, 11) is 0. The van der Waals surface area contributed by atoms with Crippen molar-refractivity contribution in [3.63, 3.8) is 0 Å². The summed E-state index contributed by atoms with van der Waals surface area (Å²) in [5.41, 5.74) is 0. The number of carbonyl (C=O) groups excluding carboxylic acids is 2. The van der Waals surface area contributed by atoms with E-state index in [0.29, 0.717) is 31.3 Å². The second kappa shape index (κ2) is 7.20. The molecule has 120 valence electrons. The molecular formula is C15H22N4O3. The first-order chi connectivity index (χ1) is 10.5. The SMILES string of the molecule is C=CC(=O)N(CC)CC(=O)N1CCCC(c2nc(C)no2)C1. The summed E-state index contributed by atoms with van der Waals surface area (Å²) < 4.78 is 5.21. The Labute approximate surface area is 130 Å². The predicted molar refractivity (Wildman–Crippen MR) is 80.0 cm³/mol. The van der Waals surface area contributed by atoms with Crippen molar-refractivity contribution in [2.45, 2.75) is 32.6 Å². The van der Waals surface area contributed by atoms with Crippen molar-refractivity contribution in [1.29, 1.82) is 0 Å². The lowest BCUT2D eigenvalue weighted by atomic mass is 9.98. The number of aromatic nitrogens is 2. The van der Waals surface area contributed by atoms with Gasteiger partial charge >= 0.3 is 0 Å². The van der Waals surface area contributed by atoms with E-state index in [2.05, 4.69) is 16.7 Å². The standard InChI is InChI=1S/C15H22N4O3/c1-4-13(20)18(5-2)10-14(21)19-8-6-7-12(9-19)15-16-11(3)17-22-15/h4,12H,1,5-10H2,2-3H3. The number of hydrogen-bond acceptors (Lipinski definition) is 5. The first-order valence-electron chi connectivity index (χ1n) is 7.54. The molecule has 0 radical (unpaired) electrons. The monoisotopic (exact) mass is 306 g/mol. The smallest absolute Gasteiger partial charge is 0.246 e. The minimum atomic E-state index is -0.225. The predicted octanol–water partition coefficient (Wildman–Crippen LogP) is 1.12. The van der Waals surface area contributed by atoms with E-state index < -0.39 is 0 Å². The minimum absolute atomic E-state index is 0.0574. The van der Waals surface area contributed by atoms with Crippen LogP contribution in [0.3, 0.4) is 0 Å². The number of piperidine rings is 1. The molecule has 0 spiro atoms. The molecule has 1 fully saturated rings. The van der Waals surface area contributed by atoms with Crippen molar-refractivity contribution in [1.82, 2.24) is 19.9 Å². The summed E-state index contributed by atoms with van der Waals surface area (Å²) in [6, 6.07) is 0. The van der Waals surface area contributed by atoms with Gasteiger partial charge in [0.25, 0.3) is 0 Å². The molecule has 22 heavy (non-hydrogen) atoms. The number of hydrogen-bond donors (Lipinski definition) is 0. The van der Waals surface area contributed by atoms with Crippen molar-refractivity contribution >= 4 is 11.8 Å². The van der Waals surface area contributed by atoms with Crippen molar-refractivity contribution in [3.8, 4) is 0 Å².